The molecular formula is C31H35F2N5O. The highest BCUT2D eigenvalue weighted by Crippen LogP contribution is 2.44. The molecule has 6 rings (SSSR count). The molecule has 1 N–H and O–H groups in total. The fourth-order valence-corrected chi connectivity index (χ4v) is 6.62. The lowest BCUT2D eigenvalue weighted by molar-refractivity contribution is 0.152. The van der Waals surface area contributed by atoms with E-state index in [1.54, 1.807) is 17.7 Å². The van der Waals surface area contributed by atoms with Crippen molar-refractivity contribution in [3.05, 3.63) is 74.8 Å². The maximum Gasteiger partial charge on any atom is 0.264 e. The van der Waals surface area contributed by atoms with Gasteiger partial charge in [0.1, 0.15) is 0 Å². The largest absolute Gasteiger partial charge is 0.341 e. The van der Waals surface area contributed by atoms with Crippen molar-refractivity contribution in [3.8, 4) is 11.1 Å². The molecule has 2 aromatic carbocycles. The first kappa shape index (κ1) is 25.7. The summed E-state index contributed by atoms with van der Waals surface area (Å²) in [5.41, 5.74) is 7.51. The minimum Gasteiger partial charge on any atom is -0.341 e. The zero-order chi connectivity index (χ0) is 27.4. The van der Waals surface area contributed by atoms with E-state index in [1.165, 1.54) is 0 Å². The van der Waals surface area contributed by atoms with Crippen LogP contribution < -0.4 is 15.8 Å². The van der Waals surface area contributed by atoms with Gasteiger partial charge in [0.2, 0.25) is 0 Å². The number of aromatic nitrogens is 3. The Bertz CT molecular complexity index is 1630. The molecular weight excluding hydrogens is 496 g/mol. The highest BCUT2D eigenvalue weighted by molar-refractivity contribution is 5.95. The van der Waals surface area contributed by atoms with Crippen LogP contribution in [0.3, 0.4) is 0 Å². The smallest absolute Gasteiger partial charge is 0.264 e. The minimum atomic E-state index is -2.62. The van der Waals surface area contributed by atoms with Crippen molar-refractivity contribution < 1.29 is 8.78 Å². The molecule has 8 heteroatoms. The predicted octanol–water partition coefficient (Wildman–Crippen LogP) is 6.27. The number of hydrogen-bond acceptors (Lipinski definition) is 4. The summed E-state index contributed by atoms with van der Waals surface area (Å²) in [6.07, 6.45) is 1.08. The molecule has 2 aromatic heterocycles. The third-order valence-electron chi connectivity index (χ3n) is 8.57. The standard InChI is InChI=1S/C31H35F2N5O/c1-18-15-25-26(36(4)31(18)39)8-5-9-27(25)37-14-6-7-21-16-23(24(30(32)33)17-28(21)37)29-19(2)35-38(20(29)3)22-10-12-34-13-11-22/h5,8-9,15-17,22,30,34H,6-7,10-14H2,1-4H3. The summed E-state index contributed by atoms with van der Waals surface area (Å²) in [6.45, 7) is 8.37. The van der Waals surface area contributed by atoms with Crippen molar-refractivity contribution in [3.63, 3.8) is 0 Å². The van der Waals surface area contributed by atoms with Crippen molar-refractivity contribution in [1.82, 2.24) is 19.7 Å². The Balaban J connectivity index is 1.51. The molecule has 6 nitrogen and oxygen atoms in total. The number of pyridine rings is 1. The molecule has 2 aliphatic rings. The number of anilines is 2. The van der Waals surface area contributed by atoms with Crippen LogP contribution in [0.25, 0.3) is 22.0 Å². The van der Waals surface area contributed by atoms with Crippen LogP contribution in [0.5, 0.6) is 0 Å². The number of piperidine rings is 1. The van der Waals surface area contributed by atoms with E-state index in [-0.39, 0.29) is 17.2 Å². The van der Waals surface area contributed by atoms with Crippen LogP contribution in [0, 0.1) is 20.8 Å². The molecule has 2 aliphatic heterocycles. The molecule has 0 atom stereocenters. The highest BCUT2D eigenvalue weighted by Gasteiger charge is 2.29. The minimum absolute atomic E-state index is 0.0286. The Morgan fingerprint density at radius 3 is 2.56 bits per heavy atom. The number of nitrogens with zero attached hydrogens (tertiary/aromatic N) is 4. The predicted molar refractivity (Wildman–Crippen MR) is 152 cm³/mol. The molecule has 0 aliphatic carbocycles. The van der Waals surface area contributed by atoms with Gasteiger partial charge >= 0.3 is 0 Å². The van der Waals surface area contributed by atoms with Crippen molar-refractivity contribution >= 4 is 22.3 Å². The van der Waals surface area contributed by atoms with Gasteiger partial charge in [-0.15, -0.1) is 0 Å². The van der Waals surface area contributed by atoms with Crippen molar-refractivity contribution in [2.24, 2.45) is 7.05 Å². The molecule has 4 aromatic rings. The summed E-state index contributed by atoms with van der Waals surface area (Å²) in [5.74, 6) is 0. The Kier molecular flexibility index (Phi) is 6.53. The number of hydrogen-bond donors (Lipinski definition) is 1. The van der Waals surface area contributed by atoms with Gasteiger partial charge in [-0.2, -0.15) is 5.10 Å². The van der Waals surface area contributed by atoms with E-state index in [9.17, 15) is 13.6 Å². The van der Waals surface area contributed by atoms with Gasteiger partial charge in [0.05, 0.1) is 22.9 Å². The van der Waals surface area contributed by atoms with Crippen LogP contribution in [0.15, 0.2) is 41.2 Å². The normalized spacial score (nSPS) is 16.3. The molecule has 0 saturated carbocycles. The number of aryl methyl sites for hydroxylation is 4. The van der Waals surface area contributed by atoms with E-state index < -0.39 is 6.43 Å². The van der Waals surface area contributed by atoms with Crippen LogP contribution in [0.4, 0.5) is 20.2 Å². The molecule has 1 saturated heterocycles. The van der Waals surface area contributed by atoms with Crippen LogP contribution in [0.2, 0.25) is 0 Å². The third kappa shape index (κ3) is 4.25. The van der Waals surface area contributed by atoms with Gasteiger partial charge in [0.25, 0.3) is 12.0 Å². The first-order valence-corrected chi connectivity index (χ1v) is 13.8. The fraction of sp³-hybridized carbons (Fsp3) is 0.419. The number of alkyl halides is 2. The second kappa shape index (κ2) is 9.90. The van der Waals surface area contributed by atoms with Crippen molar-refractivity contribution in [1.29, 1.82) is 0 Å². The number of halogens is 2. The zero-order valence-corrected chi connectivity index (χ0v) is 23.0. The monoisotopic (exact) mass is 531 g/mol. The Morgan fingerprint density at radius 1 is 1.05 bits per heavy atom. The molecule has 204 valence electrons. The molecule has 0 spiro atoms. The topological polar surface area (TPSA) is 55.1 Å². The summed E-state index contributed by atoms with van der Waals surface area (Å²) >= 11 is 0. The quantitative estimate of drug-likeness (QED) is 0.337. The molecule has 0 radical (unpaired) electrons. The number of nitrogens with one attached hydrogen (secondary N) is 1. The van der Waals surface area contributed by atoms with Crippen molar-refractivity contribution in [2.75, 3.05) is 24.5 Å². The first-order chi connectivity index (χ1) is 18.8. The van der Waals surface area contributed by atoms with E-state index in [0.717, 1.165) is 90.1 Å². The average molecular weight is 532 g/mol. The molecule has 4 heterocycles. The highest BCUT2D eigenvalue weighted by atomic mass is 19.3. The second-order valence-corrected chi connectivity index (χ2v) is 11.0. The van der Waals surface area contributed by atoms with Crippen LogP contribution in [-0.4, -0.2) is 34.0 Å². The molecule has 1 fully saturated rings. The average Bonchev–Trinajstić information content (AvgIpc) is 3.24. The van der Waals surface area contributed by atoms with E-state index in [2.05, 4.69) is 14.9 Å². The summed E-state index contributed by atoms with van der Waals surface area (Å²) in [6, 6.07) is 11.8. The second-order valence-electron chi connectivity index (χ2n) is 11.0. The van der Waals surface area contributed by atoms with Gasteiger partial charge in [0, 0.05) is 47.1 Å². The molecule has 0 bridgehead atoms. The summed E-state index contributed by atoms with van der Waals surface area (Å²) in [5, 5.41) is 9.19. The lowest BCUT2D eigenvalue weighted by atomic mass is 9.90. The van der Waals surface area contributed by atoms with E-state index in [0.29, 0.717) is 11.1 Å². The number of fused-ring (bicyclic) bond motifs is 2. The maximum atomic E-state index is 14.7. The van der Waals surface area contributed by atoms with Gasteiger partial charge < -0.3 is 14.8 Å². The van der Waals surface area contributed by atoms with Gasteiger partial charge in [-0.05, 0) is 101 Å². The zero-order valence-electron chi connectivity index (χ0n) is 23.0. The number of benzene rings is 2. The van der Waals surface area contributed by atoms with Gasteiger partial charge in [-0.25, -0.2) is 8.78 Å². The first-order valence-electron chi connectivity index (χ1n) is 13.8. The molecule has 39 heavy (non-hydrogen) atoms. The summed E-state index contributed by atoms with van der Waals surface area (Å²) < 4.78 is 33.2. The lowest BCUT2D eigenvalue weighted by Crippen LogP contribution is -2.30. The van der Waals surface area contributed by atoms with Gasteiger partial charge in [-0.1, -0.05) is 6.07 Å². The van der Waals surface area contributed by atoms with Gasteiger partial charge in [0.15, 0.2) is 0 Å². The van der Waals surface area contributed by atoms with Crippen LogP contribution in [-0.2, 0) is 13.5 Å². The Labute approximate surface area is 227 Å². The Morgan fingerprint density at radius 2 is 1.82 bits per heavy atom. The third-order valence-corrected chi connectivity index (χ3v) is 8.57. The van der Waals surface area contributed by atoms with Crippen LogP contribution in [0.1, 0.15) is 59.8 Å². The van der Waals surface area contributed by atoms with Crippen molar-refractivity contribution in [2.45, 2.75) is 58.9 Å². The van der Waals surface area contributed by atoms with Gasteiger partial charge in [-0.3, -0.25) is 9.48 Å². The number of rotatable bonds is 4. The Hall–Kier alpha value is -3.52. The van der Waals surface area contributed by atoms with Crippen LogP contribution >= 0.6 is 0 Å². The van der Waals surface area contributed by atoms with E-state index in [1.807, 2.05) is 51.1 Å². The molecule has 0 amide bonds. The summed E-state index contributed by atoms with van der Waals surface area (Å²) in [4.78, 5) is 14.7. The summed E-state index contributed by atoms with van der Waals surface area (Å²) in [7, 11) is 1.78. The SMILES string of the molecule is Cc1nn(C2CCNCC2)c(C)c1-c1cc2c(cc1C(F)F)N(c1cccc3c1cc(C)c(=O)n3C)CCC2. The van der Waals surface area contributed by atoms with E-state index >= 15 is 0 Å². The maximum absolute atomic E-state index is 14.7. The van der Waals surface area contributed by atoms with E-state index in [4.69, 9.17) is 5.10 Å². The fourth-order valence-electron chi connectivity index (χ4n) is 6.62. The molecule has 0 unspecified atom stereocenters. The lowest BCUT2D eigenvalue weighted by Gasteiger charge is -2.33.